The first kappa shape index (κ1) is 12.8. The fraction of sp³-hybridized carbons (Fsp3) is 0.333. The minimum Gasteiger partial charge on any atom is -0.367 e. The molecule has 0 spiro atoms. The van der Waals surface area contributed by atoms with Crippen LogP contribution in [-0.4, -0.2) is 24.7 Å². The zero-order chi connectivity index (χ0) is 14.1. The lowest BCUT2D eigenvalue weighted by Gasteiger charge is -2.01. The van der Waals surface area contributed by atoms with E-state index in [0.717, 1.165) is 17.7 Å². The monoisotopic (exact) mass is 290 g/mol. The Kier molecular flexibility index (Phi) is 3.23. The molecule has 3 aromatic rings. The lowest BCUT2D eigenvalue weighted by Crippen LogP contribution is -2.21. The maximum atomic E-state index is 12.4. The summed E-state index contributed by atoms with van der Waals surface area (Å²) in [5.74, 6) is 0.706. The molecule has 0 saturated carbocycles. The van der Waals surface area contributed by atoms with Gasteiger partial charge in [-0.3, -0.25) is 14.5 Å². The van der Waals surface area contributed by atoms with Crippen molar-refractivity contribution in [2.75, 3.05) is 5.73 Å². The van der Waals surface area contributed by atoms with Gasteiger partial charge in [0.25, 0.3) is 5.56 Å². The highest BCUT2D eigenvalue weighted by Crippen LogP contribution is 2.21. The van der Waals surface area contributed by atoms with Gasteiger partial charge in [0.2, 0.25) is 5.95 Å². The number of hydrogen-bond donors (Lipinski definition) is 2. The number of aryl methyl sites for hydroxylation is 1. The molecule has 0 aliphatic rings. The molecule has 0 unspecified atom stereocenters. The molecule has 3 rings (SSSR count). The minimum absolute atomic E-state index is 0.0661. The second-order valence-corrected chi connectivity index (χ2v) is 5.61. The Labute approximate surface area is 118 Å². The van der Waals surface area contributed by atoms with Gasteiger partial charge in [0.1, 0.15) is 10.7 Å². The summed E-state index contributed by atoms with van der Waals surface area (Å²) in [6.45, 7) is 2.40. The number of aromatic nitrogens is 5. The highest BCUT2D eigenvalue weighted by atomic mass is 32.1. The molecule has 20 heavy (non-hydrogen) atoms. The molecular weight excluding hydrogens is 276 g/mol. The van der Waals surface area contributed by atoms with E-state index in [-0.39, 0.29) is 18.1 Å². The molecule has 0 aliphatic heterocycles. The Balaban J connectivity index is 2.00. The van der Waals surface area contributed by atoms with Crippen LogP contribution in [0.2, 0.25) is 0 Å². The smallest absolute Gasteiger partial charge is 0.262 e. The van der Waals surface area contributed by atoms with E-state index in [4.69, 9.17) is 5.73 Å². The van der Waals surface area contributed by atoms with Crippen LogP contribution in [0.1, 0.15) is 24.0 Å². The third-order valence-corrected chi connectivity index (χ3v) is 4.04. The van der Waals surface area contributed by atoms with Crippen LogP contribution in [-0.2, 0) is 13.0 Å². The van der Waals surface area contributed by atoms with Crippen LogP contribution in [0.3, 0.4) is 0 Å². The van der Waals surface area contributed by atoms with E-state index in [1.54, 1.807) is 11.3 Å². The van der Waals surface area contributed by atoms with Gasteiger partial charge in [-0.05, 0) is 12.5 Å². The SMILES string of the molecule is CCCc1cc2c(=O)n(Cc3nc(N)n[nH]3)cnc2s1. The molecule has 104 valence electrons. The molecular formula is C12H14N6OS. The Bertz CT molecular complexity index is 802. The van der Waals surface area contributed by atoms with Crippen molar-refractivity contribution in [1.29, 1.82) is 0 Å². The number of fused-ring (bicyclic) bond motifs is 1. The average Bonchev–Trinajstić information content (AvgIpc) is 3.00. The first-order chi connectivity index (χ1) is 9.67. The van der Waals surface area contributed by atoms with Crippen LogP contribution in [0.25, 0.3) is 10.2 Å². The molecule has 8 heteroatoms. The quantitative estimate of drug-likeness (QED) is 0.750. The summed E-state index contributed by atoms with van der Waals surface area (Å²) >= 11 is 1.57. The van der Waals surface area contributed by atoms with E-state index in [1.165, 1.54) is 15.8 Å². The second-order valence-electron chi connectivity index (χ2n) is 4.50. The Hall–Kier alpha value is -2.22. The van der Waals surface area contributed by atoms with Crippen LogP contribution >= 0.6 is 11.3 Å². The number of nitrogens with zero attached hydrogens (tertiary/aromatic N) is 4. The first-order valence-corrected chi connectivity index (χ1v) is 7.13. The van der Waals surface area contributed by atoms with Gasteiger partial charge in [0, 0.05) is 4.88 Å². The maximum Gasteiger partial charge on any atom is 0.262 e. The molecule has 0 bridgehead atoms. The van der Waals surface area contributed by atoms with Gasteiger partial charge in [-0.25, -0.2) is 4.98 Å². The Morgan fingerprint density at radius 1 is 1.50 bits per heavy atom. The number of nitrogens with two attached hydrogens (primary N) is 1. The molecule has 0 amide bonds. The summed E-state index contributed by atoms with van der Waals surface area (Å²) < 4.78 is 1.50. The maximum absolute atomic E-state index is 12.4. The van der Waals surface area contributed by atoms with Gasteiger partial charge in [-0.1, -0.05) is 13.3 Å². The molecule has 3 N–H and O–H groups in total. The van der Waals surface area contributed by atoms with Gasteiger partial charge in [0.15, 0.2) is 0 Å². The lowest BCUT2D eigenvalue weighted by molar-refractivity contribution is 0.710. The third-order valence-electron chi connectivity index (χ3n) is 2.93. The van der Waals surface area contributed by atoms with E-state index >= 15 is 0 Å². The second kappa shape index (κ2) is 5.04. The van der Waals surface area contributed by atoms with Gasteiger partial charge in [-0.15, -0.1) is 16.4 Å². The standard InChI is InChI=1S/C12H14N6OS/c1-2-3-7-4-8-10(20-7)14-6-18(11(8)19)5-9-15-12(13)17-16-9/h4,6H,2-3,5H2,1H3,(H3,13,15,16,17). The van der Waals surface area contributed by atoms with Crippen LogP contribution < -0.4 is 11.3 Å². The number of anilines is 1. The molecule has 0 fully saturated rings. The highest BCUT2D eigenvalue weighted by Gasteiger charge is 2.10. The van der Waals surface area contributed by atoms with Crippen LogP contribution in [0.15, 0.2) is 17.2 Å². The lowest BCUT2D eigenvalue weighted by atomic mass is 10.2. The van der Waals surface area contributed by atoms with Crippen molar-refractivity contribution in [2.45, 2.75) is 26.3 Å². The molecule has 0 saturated heterocycles. The summed E-state index contributed by atoms with van der Waals surface area (Å²) in [4.78, 5) is 22.7. The predicted molar refractivity (Wildman–Crippen MR) is 77.8 cm³/mol. The van der Waals surface area contributed by atoms with Gasteiger partial charge >= 0.3 is 0 Å². The molecule has 0 radical (unpaired) electrons. The number of rotatable bonds is 4. The fourth-order valence-corrected chi connectivity index (χ4v) is 3.12. The molecule has 3 heterocycles. The van der Waals surface area contributed by atoms with Gasteiger partial charge in [-0.2, -0.15) is 4.98 Å². The summed E-state index contributed by atoms with van der Waals surface area (Å²) in [6.07, 6.45) is 3.56. The molecule has 7 nitrogen and oxygen atoms in total. The Morgan fingerprint density at radius 3 is 3.05 bits per heavy atom. The fourth-order valence-electron chi connectivity index (χ4n) is 2.03. The third kappa shape index (κ3) is 2.29. The number of thiophene rings is 1. The van der Waals surface area contributed by atoms with Crippen molar-refractivity contribution in [3.63, 3.8) is 0 Å². The van der Waals surface area contributed by atoms with Gasteiger partial charge < -0.3 is 5.73 Å². The highest BCUT2D eigenvalue weighted by molar-refractivity contribution is 7.18. The van der Waals surface area contributed by atoms with E-state index in [2.05, 4.69) is 27.1 Å². The summed E-state index contributed by atoms with van der Waals surface area (Å²) in [5, 5.41) is 7.09. The Morgan fingerprint density at radius 2 is 2.35 bits per heavy atom. The zero-order valence-corrected chi connectivity index (χ0v) is 11.8. The van der Waals surface area contributed by atoms with Crippen molar-refractivity contribution >= 4 is 27.5 Å². The molecule has 3 aromatic heterocycles. The summed E-state index contributed by atoms with van der Waals surface area (Å²) in [5.41, 5.74) is 5.38. The number of nitrogen functional groups attached to an aromatic ring is 1. The van der Waals surface area contributed by atoms with Crippen molar-refractivity contribution in [3.05, 3.63) is 33.4 Å². The van der Waals surface area contributed by atoms with E-state index in [0.29, 0.717) is 11.2 Å². The van der Waals surface area contributed by atoms with Crippen LogP contribution in [0.5, 0.6) is 0 Å². The predicted octanol–water partition coefficient (Wildman–Crippen LogP) is 1.16. The van der Waals surface area contributed by atoms with E-state index in [1.807, 2.05) is 6.07 Å². The molecule has 0 atom stereocenters. The number of hydrogen-bond acceptors (Lipinski definition) is 6. The normalized spacial score (nSPS) is 11.2. The number of H-pyrrole nitrogens is 1. The minimum atomic E-state index is -0.0661. The van der Waals surface area contributed by atoms with Crippen molar-refractivity contribution < 1.29 is 0 Å². The van der Waals surface area contributed by atoms with E-state index in [9.17, 15) is 4.79 Å². The van der Waals surface area contributed by atoms with E-state index < -0.39 is 0 Å². The van der Waals surface area contributed by atoms with Crippen LogP contribution in [0.4, 0.5) is 5.95 Å². The molecule has 0 aliphatic carbocycles. The number of nitrogens with one attached hydrogen (secondary N) is 1. The van der Waals surface area contributed by atoms with Gasteiger partial charge in [0.05, 0.1) is 18.3 Å². The van der Waals surface area contributed by atoms with Crippen molar-refractivity contribution in [2.24, 2.45) is 0 Å². The van der Waals surface area contributed by atoms with Crippen molar-refractivity contribution in [3.8, 4) is 0 Å². The zero-order valence-electron chi connectivity index (χ0n) is 11.0. The average molecular weight is 290 g/mol. The largest absolute Gasteiger partial charge is 0.367 e. The topological polar surface area (TPSA) is 102 Å². The summed E-state index contributed by atoms with van der Waals surface area (Å²) in [7, 11) is 0. The molecule has 0 aromatic carbocycles. The summed E-state index contributed by atoms with van der Waals surface area (Å²) in [6, 6.07) is 1.93. The van der Waals surface area contributed by atoms with Crippen LogP contribution in [0, 0.1) is 0 Å². The first-order valence-electron chi connectivity index (χ1n) is 6.32. The number of aromatic amines is 1. The van der Waals surface area contributed by atoms with Crippen molar-refractivity contribution in [1.82, 2.24) is 24.7 Å².